The number of nitrogens with one attached hydrogen (secondary N) is 1. The highest BCUT2D eigenvalue weighted by Crippen LogP contribution is 2.49. The van der Waals surface area contributed by atoms with Gasteiger partial charge in [-0.1, -0.05) is 39.0 Å². The van der Waals surface area contributed by atoms with Crippen LogP contribution >= 0.6 is 11.8 Å². The predicted molar refractivity (Wildman–Crippen MR) is 141 cm³/mol. The molecule has 0 aliphatic carbocycles. The van der Waals surface area contributed by atoms with Gasteiger partial charge in [-0.15, -0.1) is 11.8 Å². The van der Waals surface area contributed by atoms with Crippen molar-refractivity contribution < 1.29 is 14.0 Å². The molecule has 0 bridgehead atoms. The third-order valence-corrected chi connectivity index (χ3v) is 7.04. The van der Waals surface area contributed by atoms with Crippen LogP contribution in [0, 0.1) is 5.82 Å². The zero-order valence-corrected chi connectivity index (χ0v) is 22.9. The van der Waals surface area contributed by atoms with E-state index in [-0.39, 0.29) is 35.3 Å². The third-order valence-electron chi connectivity index (χ3n) is 5.81. The zero-order chi connectivity index (χ0) is 26.1. The van der Waals surface area contributed by atoms with Crippen molar-refractivity contribution in [3.8, 4) is 0 Å². The molecule has 0 saturated carbocycles. The number of anilines is 1. The fourth-order valence-corrected chi connectivity index (χ4v) is 5.31. The van der Waals surface area contributed by atoms with Gasteiger partial charge in [0.05, 0.1) is 22.2 Å². The number of likely N-dealkylation sites (N-methyl/N-ethyl adjacent to an activating group) is 1. The minimum absolute atomic E-state index is 0.116. The van der Waals surface area contributed by atoms with E-state index in [2.05, 4.69) is 26.1 Å². The van der Waals surface area contributed by atoms with E-state index in [1.165, 1.54) is 17.8 Å². The van der Waals surface area contributed by atoms with E-state index in [1.54, 1.807) is 17.0 Å². The Morgan fingerprint density at radius 3 is 2.43 bits per heavy atom. The monoisotopic (exact) mass is 503 g/mol. The number of amides is 2. The molecule has 9 heteroatoms. The molecule has 3 rings (SSSR count). The van der Waals surface area contributed by atoms with Crippen molar-refractivity contribution in [2.45, 2.75) is 57.7 Å². The van der Waals surface area contributed by atoms with Crippen molar-refractivity contribution in [1.29, 1.82) is 0 Å². The number of carbonyl (C=O) groups excluding carboxylic acids is 2. The van der Waals surface area contributed by atoms with Gasteiger partial charge < -0.3 is 10.2 Å². The molecule has 7 nitrogen and oxygen atoms in total. The maximum absolute atomic E-state index is 15.1. The number of rotatable bonds is 6. The fraction of sp³-hybridized carbons (Fsp3) is 0.577. The zero-order valence-electron chi connectivity index (χ0n) is 22.1. The SMILES string of the molecule is CN(C)CCNC(=O)CN1C(=O)CS[C@H](c2ccccc2F)c2c(C(C)(C)C)nn(C(C)(C)C)c21. The van der Waals surface area contributed by atoms with Crippen LogP contribution in [0.4, 0.5) is 10.2 Å². The molecule has 0 saturated heterocycles. The molecule has 1 aliphatic heterocycles. The molecule has 1 aromatic heterocycles. The first-order valence-electron chi connectivity index (χ1n) is 11.9. The number of benzene rings is 1. The van der Waals surface area contributed by atoms with Gasteiger partial charge in [-0.3, -0.25) is 14.5 Å². The summed E-state index contributed by atoms with van der Waals surface area (Å²) in [5.41, 5.74) is 1.29. The van der Waals surface area contributed by atoms with Gasteiger partial charge in [-0.25, -0.2) is 9.07 Å². The van der Waals surface area contributed by atoms with Crippen molar-refractivity contribution in [2.75, 3.05) is 44.4 Å². The first-order valence-corrected chi connectivity index (χ1v) is 13.0. The van der Waals surface area contributed by atoms with Crippen LogP contribution in [-0.2, 0) is 20.5 Å². The third kappa shape index (κ3) is 6.06. The largest absolute Gasteiger partial charge is 0.353 e. The van der Waals surface area contributed by atoms with Crippen LogP contribution in [0.3, 0.4) is 0 Å². The maximum Gasteiger partial charge on any atom is 0.240 e. The van der Waals surface area contributed by atoms with Crippen LogP contribution in [-0.4, -0.2) is 66.0 Å². The summed E-state index contributed by atoms with van der Waals surface area (Å²) in [6, 6.07) is 6.70. The average Bonchev–Trinajstić information content (AvgIpc) is 3.08. The number of nitrogens with zero attached hydrogens (tertiary/aromatic N) is 4. The highest BCUT2D eigenvalue weighted by molar-refractivity contribution is 8.00. The summed E-state index contributed by atoms with van der Waals surface area (Å²) in [5, 5.41) is 7.49. The summed E-state index contributed by atoms with van der Waals surface area (Å²) >= 11 is 1.39. The van der Waals surface area contributed by atoms with E-state index >= 15 is 4.39 Å². The van der Waals surface area contributed by atoms with E-state index in [4.69, 9.17) is 5.10 Å². The Labute approximate surface area is 212 Å². The fourth-order valence-electron chi connectivity index (χ4n) is 4.09. The Kier molecular flexibility index (Phi) is 8.01. The van der Waals surface area contributed by atoms with E-state index < -0.39 is 10.8 Å². The molecule has 0 fully saturated rings. The molecule has 0 unspecified atom stereocenters. The summed E-state index contributed by atoms with van der Waals surface area (Å²) < 4.78 is 16.9. The highest BCUT2D eigenvalue weighted by atomic mass is 32.2. The number of carbonyl (C=O) groups is 2. The van der Waals surface area contributed by atoms with E-state index in [0.29, 0.717) is 24.5 Å². The van der Waals surface area contributed by atoms with Crippen molar-refractivity contribution in [2.24, 2.45) is 0 Å². The molecule has 192 valence electrons. The lowest BCUT2D eigenvalue weighted by molar-refractivity contribution is -0.123. The van der Waals surface area contributed by atoms with Crippen molar-refractivity contribution in [1.82, 2.24) is 20.0 Å². The van der Waals surface area contributed by atoms with Crippen molar-refractivity contribution in [3.63, 3.8) is 0 Å². The topological polar surface area (TPSA) is 70.5 Å². The average molecular weight is 504 g/mol. The summed E-state index contributed by atoms with van der Waals surface area (Å²) in [5.74, 6) is -0.0370. The molecule has 35 heavy (non-hydrogen) atoms. The number of hydrogen-bond acceptors (Lipinski definition) is 5. The van der Waals surface area contributed by atoms with Gasteiger partial charge in [0.1, 0.15) is 18.2 Å². The van der Waals surface area contributed by atoms with Crippen LogP contribution in [0.15, 0.2) is 24.3 Å². The summed E-state index contributed by atoms with van der Waals surface area (Å²) in [7, 11) is 3.87. The van der Waals surface area contributed by atoms with Gasteiger partial charge in [0, 0.05) is 29.6 Å². The summed E-state index contributed by atoms with van der Waals surface area (Å²) in [4.78, 5) is 29.9. The number of fused-ring (bicyclic) bond motifs is 1. The highest BCUT2D eigenvalue weighted by Gasteiger charge is 2.41. The second kappa shape index (κ2) is 10.3. The molecular formula is C26H38FN5O2S. The molecule has 1 atom stereocenters. The molecule has 2 amide bonds. The molecule has 1 aromatic carbocycles. The van der Waals surface area contributed by atoms with Crippen LogP contribution in [0.5, 0.6) is 0 Å². The van der Waals surface area contributed by atoms with Gasteiger partial charge in [-0.2, -0.15) is 5.10 Å². The summed E-state index contributed by atoms with van der Waals surface area (Å²) in [6.45, 7) is 13.3. The molecular weight excluding hydrogens is 465 g/mol. The van der Waals surface area contributed by atoms with Gasteiger partial charge >= 0.3 is 0 Å². The number of thioether (sulfide) groups is 1. The van der Waals surface area contributed by atoms with Crippen LogP contribution in [0.1, 0.15) is 63.6 Å². The second-order valence-electron chi connectivity index (χ2n) is 11.3. The molecule has 1 N–H and O–H groups in total. The molecule has 0 spiro atoms. The van der Waals surface area contributed by atoms with E-state index in [9.17, 15) is 9.59 Å². The van der Waals surface area contributed by atoms with Crippen molar-refractivity contribution >= 4 is 29.4 Å². The standard InChI is InChI=1S/C26H38FN5O2S/c1-25(2,3)23-21-22(17-11-9-10-12-18(17)27)35-16-20(34)31(15-19(33)28-13-14-30(7)8)24(21)32(29-23)26(4,5)6/h9-12,22H,13-16H2,1-8H3,(H,28,33)/t22-/m1/s1. The predicted octanol–water partition coefficient (Wildman–Crippen LogP) is 3.92. The van der Waals surface area contributed by atoms with E-state index in [0.717, 1.165) is 11.3 Å². The van der Waals surface area contributed by atoms with Gasteiger partial charge in [0.25, 0.3) is 0 Å². The lowest BCUT2D eigenvalue weighted by Gasteiger charge is -2.29. The lowest BCUT2D eigenvalue weighted by Crippen LogP contribution is -2.44. The lowest BCUT2D eigenvalue weighted by atomic mass is 9.87. The Balaban J connectivity index is 2.21. The smallest absolute Gasteiger partial charge is 0.240 e. The number of hydrogen-bond donors (Lipinski definition) is 1. The first kappa shape index (κ1) is 27.2. The molecule has 0 radical (unpaired) electrons. The van der Waals surface area contributed by atoms with Gasteiger partial charge in [0.15, 0.2) is 0 Å². The quantitative estimate of drug-likeness (QED) is 0.647. The summed E-state index contributed by atoms with van der Waals surface area (Å²) in [6.07, 6.45) is 0. The van der Waals surface area contributed by atoms with Crippen molar-refractivity contribution in [3.05, 3.63) is 46.9 Å². The molecule has 1 aliphatic rings. The number of halogens is 1. The van der Waals surface area contributed by atoms with Crippen LogP contribution < -0.4 is 10.2 Å². The Hall–Kier alpha value is -2.39. The minimum Gasteiger partial charge on any atom is -0.353 e. The van der Waals surface area contributed by atoms with Crippen LogP contribution in [0.25, 0.3) is 0 Å². The Morgan fingerprint density at radius 2 is 1.86 bits per heavy atom. The van der Waals surface area contributed by atoms with Crippen LogP contribution in [0.2, 0.25) is 0 Å². The Morgan fingerprint density at radius 1 is 1.20 bits per heavy atom. The minimum atomic E-state index is -0.470. The second-order valence-corrected chi connectivity index (χ2v) is 12.4. The maximum atomic E-state index is 15.1. The van der Waals surface area contributed by atoms with Gasteiger partial charge in [0.2, 0.25) is 11.8 Å². The normalized spacial score (nSPS) is 16.9. The van der Waals surface area contributed by atoms with Gasteiger partial charge in [-0.05, 0) is 40.9 Å². The van der Waals surface area contributed by atoms with E-state index in [1.807, 2.05) is 50.5 Å². The molecule has 2 aromatic rings. The Bertz CT molecular complexity index is 1080. The first-order chi connectivity index (χ1) is 16.2. The number of aromatic nitrogens is 2. The molecule has 2 heterocycles.